The van der Waals surface area contributed by atoms with Crippen molar-refractivity contribution >= 4 is 5.95 Å². The molecule has 19 heavy (non-hydrogen) atoms. The second kappa shape index (κ2) is 5.40. The third kappa shape index (κ3) is 3.32. The summed E-state index contributed by atoms with van der Waals surface area (Å²) in [6.07, 6.45) is 7.51. The number of nitrogens with zero attached hydrogens (tertiary/aromatic N) is 3. The van der Waals surface area contributed by atoms with Crippen LogP contribution >= 0.6 is 0 Å². The van der Waals surface area contributed by atoms with Crippen molar-refractivity contribution in [2.45, 2.75) is 13.8 Å². The maximum Gasteiger partial charge on any atom is 0.225 e. The Bertz CT molecular complexity index is 501. The first-order valence-corrected chi connectivity index (χ1v) is 6.38. The van der Waals surface area contributed by atoms with Crippen LogP contribution in [0.4, 0.5) is 5.95 Å². The zero-order chi connectivity index (χ0) is 13.9. The molecule has 3 N–H and O–H groups in total. The van der Waals surface area contributed by atoms with Gasteiger partial charge in [0.25, 0.3) is 0 Å². The lowest BCUT2D eigenvalue weighted by molar-refractivity contribution is 0.383. The van der Waals surface area contributed by atoms with Gasteiger partial charge in [0.05, 0.1) is 0 Å². The van der Waals surface area contributed by atoms with Crippen LogP contribution in [0.3, 0.4) is 0 Å². The highest BCUT2D eigenvalue weighted by atomic mass is 15.2. The molecule has 0 aliphatic carbocycles. The van der Waals surface area contributed by atoms with Gasteiger partial charge in [-0.2, -0.15) is 0 Å². The Kier molecular flexibility index (Phi) is 3.85. The third-order valence-electron chi connectivity index (χ3n) is 3.13. The minimum Gasteiger partial charge on any atom is -0.367 e. The van der Waals surface area contributed by atoms with Crippen molar-refractivity contribution in [2.24, 2.45) is 11.1 Å². The van der Waals surface area contributed by atoms with E-state index in [4.69, 9.17) is 5.73 Å². The molecular formula is C14H21N5. The Morgan fingerprint density at radius 1 is 1.26 bits per heavy atom. The predicted molar refractivity (Wildman–Crippen MR) is 77.9 cm³/mol. The maximum absolute atomic E-state index is 5.75. The molecule has 0 aliphatic rings. The molecule has 2 aromatic rings. The lowest BCUT2D eigenvalue weighted by Crippen LogP contribution is -2.37. The molecule has 2 aromatic heterocycles. The van der Waals surface area contributed by atoms with Gasteiger partial charge in [0.15, 0.2) is 0 Å². The van der Waals surface area contributed by atoms with Gasteiger partial charge in [0.2, 0.25) is 5.95 Å². The van der Waals surface area contributed by atoms with Crippen LogP contribution in [0, 0.1) is 5.41 Å². The Hall–Kier alpha value is -1.88. The zero-order valence-corrected chi connectivity index (χ0v) is 11.7. The van der Waals surface area contributed by atoms with E-state index in [1.54, 1.807) is 0 Å². The quantitative estimate of drug-likeness (QED) is 0.860. The lowest BCUT2D eigenvalue weighted by Gasteiger charge is -2.28. The van der Waals surface area contributed by atoms with Crippen LogP contribution < -0.4 is 10.6 Å². The molecule has 0 unspecified atom stereocenters. The molecule has 0 radical (unpaired) electrons. The summed E-state index contributed by atoms with van der Waals surface area (Å²) in [5, 5.41) is 0. The van der Waals surface area contributed by atoms with Crippen molar-refractivity contribution in [1.29, 1.82) is 0 Å². The van der Waals surface area contributed by atoms with Gasteiger partial charge in [0, 0.05) is 49.5 Å². The van der Waals surface area contributed by atoms with E-state index in [2.05, 4.69) is 28.8 Å². The minimum absolute atomic E-state index is 0.0530. The minimum atomic E-state index is 0.0530. The third-order valence-corrected chi connectivity index (χ3v) is 3.13. The predicted octanol–water partition coefficient (Wildman–Crippen LogP) is 1.89. The van der Waals surface area contributed by atoms with Crippen LogP contribution in [-0.4, -0.2) is 35.1 Å². The standard InChI is InChI=1S/C14H21N5/c1-14(2,9-15)10-19(3)13-17-7-12(8-18-13)11-4-5-16-6-11/h4-8,16H,9-10,15H2,1-3H3. The maximum atomic E-state index is 5.75. The number of hydrogen-bond acceptors (Lipinski definition) is 4. The first kappa shape index (κ1) is 13.5. The van der Waals surface area contributed by atoms with E-state index in [-0.39, 0.29) is 5.41 Å². The van der Waals surface area contributed by atoms with Crippen LogP contribution in [0.2, 0.25) is 0 Å². The topological polar surface area (TPSA) is 70.8 Å². The SMILES string of the molecule is CN(CC(C)(C)CN)c1ncc(-c2cc[nH]c2)cn1. The van der Waals surface area contributed by atoms with Gasteiger partial charge in [-0.1, -0.05) is 13.8 Å². The molecule has 0 amide bonds. The number of hydrogen-bond donors (Lipinski definition) is 2. The summed E-state index contributed by atoms with van der Waals surface area (Å²) in [5.41, 5.74) is 7.91. The molecule has 0 bridgehead atoms. The Labute approximate surface area is 113 Å². The smallest absolute Gasteiger partial charge is 0.225 e. The first-order valence-electron chi connectivity index (χ1n) is 6.38. The average molecular weight is 259 g/mol. The van der Waals surface area contributed by atoms with E-state index in [0.29, 0.717) is 6.54 Å². The van der Waals surface area contributed by atoms with Crippen molar-refractivity contribution in [3.63, 3.8) is 0 Å². The van der Waals surface area contributed by atoms with Crippen LogP contribution in [0.1, 0.15) is 13.8 Å². The number of nitrogens with one attached hydrogen (secondary N) is 1. The van der Waals surface area contributed by atoms with Gasteiger partial charge in [-0.25, -0.2) is 9.97 Å². The van der Waals surface area contributed by atoms with Crippen molar-refractivity contribution in [1.82, 2.24) is 15.0 Å². The molecule has 0 saturated heterocycles. The van der Waals surface area contributed by atoms with E-state index >= 15 is 0 Å². The molecule has 5 heteroatoms. The fraction of sp³-hybridized carbons (Fsp3) is 0.429. The van der Waals surface area contributed by atoms with E-state index in [1.807, 2.05) is 42.8 Å². The molecule has 2 heterocycles. The summed E-state index contributed by atoms with van der Waals surface area (Å²) in [5.74, 6) is 0.723. The molecule has 0 spiro atoms. The van der Waals surface area contributed by atoms with Crippen LogP contribution in [0.15, 0.2) is 30.9 Å². The molecule has 0 fully saturated rings. The molecule has 0 saturated carbocycles. The van der Waals surface area contributed by atoms with Gasteiger partial charge < -0.3 is 15.6 Å². The number of anilines is 1. The highest BCUT2D eigenvalue weighted by molar-refractivity contribution is 5.60. The molecule has 5 nitrogen and oxygen atoms in total. The highest BCUT2D eigenvalue weighted by Crippen LogP contribution is 2.20. The summed E-state index contributed by atoms with van der Waals surface area (Å²) in [4.78, 5) is 13.9. The second-order valence-corrected chi connectivity index (χ2v) is 5.60. The summed E-state index contributed by atoms with van der Waals surface area (Å²) in [6.45, 7) is 5.74. The average Bonchev–Trinajstić information content (AvgIpc) is 2.92. The number of rotatable bonds is 5. The fourth-order valence-corrected chi connectivity index (χ4v) is 1.95. The molecule has 102 valence electrons. The molecule has 0 aliphatic heterocycles. The summed E-state index contributed by atoms with van der Waals surface area (Å²) >= 11 is 0. The monoisotopic (exact) mass is 259 g/mol. The van der Waals surface area contributed by atoms with E-state index < -0.39 is 0 Å². The normalized spacial score (nSPS) is 11.6. The number of aromatic amines is 1. The number of nitrogens with two attached hydrogens (primary N) is 1. The lowest BCUT2D eigenvalue weighted by atomic mass is 9.93. The van der Waals surface area contributed by atoms with Crippen molar-refractivity contribution in [3.8, 4) is 11.1 Å². The van der Waals surface area contributed by atoms with Crippen molar-refractivity contribution in [3.05, 3.63) is 30.9 Å². The second-order valence-electron chi connectivity index (χ2n) is 5.60. The zero-order valence-electron chi connectivity index (χ0n) is 11.7. The molecule has 0 aromatic carbocycles. The fourth-order valence-electron chi connectivity index (χ4n) is 1.95. The Morgan fingerprint density at radius 2 is 1.95 bits per heavy atom. The van der Waals surface area contributed by atoms with Gasteiger partial charge in [-0.3, -0.25) is 0 Å². The van der Waals surface area contributed by atoms with Crippen molar-refractivity contribution < 1.29 is 0 Å². The largest absolute Gasteiger partial charge is 0.367 e. The van der Waals surface area contributed by atoms with Crippen LogP contribution in [0.25, 0.3) is 11.1 Å². The van der Waals surface area contributed by atoms with Gasteiger partial charge in [-0.05, 0) is 18.0 Å². The first-order chi connectivity index (χ1) is 9.02. The molecular weight excluding hydrogens is 238 g/mol. The Balaban J connectivity index is 2.10. The van der Waals surface area contributed by atoms with Crippen LogP contribution in [-0.2, 0) is 0 Å². The summed E-state index contributed by atoms with van der Waals surface area (Å²) < 4.78 is 0. The summed E-state index contributed by atoms with van der Waals surface area (Å²) in [7, 11) is 1.99. The number of aromatic nitrogens is 3. The Morgan fingerprint density at radius 3 is 2.47 bits per heavy atom. The van der Waals surface area contributed by atoms with Crippen LogP contribution in [0.5, 0.6) is 0 Å². The van der Waals surface area contributed by atoms with Gasteiger partial charge >= 0.3 is 0 Å². The molecule has 2 rings (SSSR count). The van der Waals surface area contributed by atoms with E-state index in [1.165, 1.54) is 0 Å². The molecule has 0 atom stereocenters. The highest BCUT2D eigenvalue weighted by Gasteiger charge is 2.19. The van der Waals surface area contributed by atoms with Gasteiger partial charge in [0.1, 0.15) is 0 Å². The van der Waals surface area contributed by atoms with E-state index in [0.717, 1.165) is 23.6 Å². The number of H-pyrrole nitrogens is 1. The summed E-state index contributed by atoms with van der Waals surface area (Å²) in [6, 6.07) is 2.00. The van der Waals surface area contributed by atoms with Gasteiger partial charge in [-0.15, -0.1) is 0 Å². The van der Waals surface area contributed by atoms with Crippen molar-refractivity contribution in [2.75, 3.05) is 25.0 Å². The van der Waals surface area contributed by atoms with E-state index in [9.17, 15) is 0 Å².